The van der Waals surface area contributed by atoms with Gasteiger partial charge in [0, 0.05) is 29.9 Å². The number of nitrogens with one attached hydrogen (secondary N) is 2. The largest absolute Gasteiger partial charge is 0.481 e. The highest BCUT2D eigenvalue weighted by atomic mass is 16.5. The van der Waals surface area contributed by atoms with Crippen LogP contribution in [0.4, 0.5) is 5.82 Å². The lowest BCUT2D eigenvalue weighted by molar-refractivity contribution is -0.115. The summed E-state index contributed by atoms with van der Waals surface area (Å²) < 4.78 is 4.99. The van der Waals surface area contributed by atoms with Crippen LogP contribution < -0.4 is 10.1 Å². The number of rotatable bonds is 5. The lowest BCUT2D eigenvalue weighted by Crippen LogP contribution is -2.14. The van der Waals surface area contributed by atoms with Crippen LogP contribution in [0.1, 0.15) is 36.4 Å². The molecule has 0 aliphatic heterocycles. The van der Waals surface area contributed by atoms with Gasteiger partial charge in [0.05, 0.1) is 13.5 Å². The molecule has 2 N–H and O–H groups in total. The van der Waals surface area contributed by atoms with Crippen LogP contribution in [0.15, 0.2) is 24.4 Å². The molecular formula is C16H19N4O2. The number of nitrogens with zero attached hydrogens (tertiary/aromatic N) is 2. The number of pyridine rings is 1. The van der Waals surface area contributed by atoms with E-state index in [0.29, 0.717) is 17.6 Å². The van der Waals surface area contributed by atoms with Crippen molar-refractivity contribution in [2.45, 2.75) is 31.6 Å². The zero-order valence-corrected chi connectivity index (χ0v) is 12.5. The molecule has 1 aliphatic rings. The first-order valence-electron chi connectivity index (χ1n) is 7.40. The molecule has 6 nitrogen and oxygen atoms in total. The van der Waals surface area contributed by atoms with E-state index in [-0.39, 0.29) is 12.3 Å². The molecule has 3 rings (SSSR count). The summed E-state index contributed by atoms with van der Waals surface area (Å²) in [5.41, 5.74) is 1.93. The lowest BCUT2D eigenvalue weighted by atomic mass is 10.0. The van der Waals surface area contributed by atoms with E-state index in [9.17, 15) is 4.79 Å². The van der Waals surface area contributed by atoms with Crippen molar-refractivity contribution in [1.29, 1.82) is 0 Å². The first-order chi connectivity index (χ1) is 10.7. The van der Waals surface area contributed by atoms with Gasteiger partial charge in [-0.2, -0.15) is 5.10 Å². The van der Waals surface area contributed by atoms with Gasteiger partial charge in [0.2, 0.25) is 11.8 Å². The normalized spacial score (nSPS) is 15.0. The molecule has 1 saturated carbocycles. The molecule has 115 valence electrons. The van der Waals surface area contributed by atoms with Crippen LogP contribution in [0.5, 0.6) is 5.88 Å². The van der Waals surface area contributed by atoms with Crippen LogP contribution in [0, 0.1) is 6.42 Å². The van der Waals surface area contributed by atoms with E-state index in [1.165, 1.54) is 0 Å². The first kappa shape index (κ1) is 14.6. The molecule has 2 aromatic rings. The number of hydrogen-bond acceptors (Lipinski definition) is 4. The molecule has 22 heavy (non-hydrogen) atoms. The quantitative estimate of drug-likeness (QED) is 0.889. The topological polar surface area (TPSA) is 79.9 Å². The highest BCUT2D eigenvalue weighted by Gasteiger charge is 2.19. The molecule has 1 fully saturated rings. The second-order valence-electron chi connectivity index (χ2n) is 5.44. The number of ether oxygens (including phenoxy) is 1. The summed E-state index contributed by atoms with van der Waals surface area (Å²) in [4.78, 5) is 16.1. The van der Waals surface area contributed by atoms with Crippen LogP contribution in [0.25, 0.3) is 0 Å². The Morgan fingerprint density at radius 1 is 1.50 bits per heavy atom. The fourth-order valence-corrected chi connectivity index (χ4v) is 2.66. The molecule has 1 radical (unpaired) electrons. The predicted molar refractivity (Wildman–Crippen MR) is 82.6 cm³/mol. The van der Waals surface area contributed by atoms with Crippen molar-refractivity contribution >= 4 is 11.7 Å². The van der Waals surface area contributed by atoms with E-state index in [1.54, 1.807) is 19.4 Å². The zero-order valence-electron chi connectivity index (χ0n) is 12.5. The van der Waals surface area contributed by atoms with E-state index in [2.05, 4.69) is 26.9 Å². The molecule has 2 heterocycles. The van der Waals surface area contributed by atoms with Crippen LogP contribution in [-0.4, -0.2) is 28.2 Å². The molecule has 0 unspecified atom stereocenters. The van der Waals surface area contributed by atoms with Crippen molar-refractivity contribution in [3.05, 3.63) is 42.1 Å². The van der Waals surface area contributed by atoms with Crippen molar-refractivity contribution < 1.29 is 9.53 Å². The van der Waals surface area contributed by atoms with Crippen molar-refractivity contribution in [3.8, 4) is 5.88 Å². The minimum Gasteiger partial charge on any atom is -0.481 e. The van der Waals surface area contributed by atoms with Gasteiger partial charge in [0.25, 0.3) is 0 Å². The Kier molecular flexibility index (Phi) is 4.37. The third-order valence-corrected chi connectivity index (χ3v) is 3.85. The number of carbonyl (C=O) groups excluding carboxylic acids is 1. The number of aromatic nitrogens is 3. The summed E-state index contributed by atoms with van der Waals surface area (Å²) in [6.07, 6.45) is 7.57. The van der Waals surface area contributed by atoms with Gasteiger partial charge in [0.15, 0.2) is 5.82 Å². The van der Waals surface area contributed by atoms with Crippen molar-refractivity contribution in [2.75, 3.05) is 12.4 Å². The molecule has 1 atom stereocenters. The Balaban J connectivity index is 1.56. The maximum atomic E-state index is 12.0. The minimum absolute atomic E-state index is 0.108. The Bertz CT molecular complexity index is 630. The fraction of sp³-hybridized carbons (Fsp3) is 0.375. The predicted octanol–water partition coefficient (Wildman–Crippen LogP) is 2.47. The molecule has 6 heteroatoms. The number of amides is 1. The Labute approximate surface area is 129 Å². The van der Waals surface area contributed by atoms with E-state index in [0.717, 1.165) is 30.5 Å². The third kappa shape index (κ3) is 3.44. The molecule has 1 amide bonds. The summed E-state index contributed by atoms with van der Waals surface area (Å²) in [6.45, 7) is 0. The van der Waals surface area contributed by atoms with Crippen LogP contribution in [-0.2, 0) is 11.2 Å². The van der Waals surface area contributed by atoms with Gasteiger partial charge in [-0.3, -0.25) is 9.89 Å². The van der Waals surface area contributed by atoms with E-state index < -0.39 is 0 Å². The molecule has 0 saturated heterocycles. The highest BCUT2D eigenvalue weighted by molar-refractivity contribution is 5.91. The standard InChI is InChI=1S/C16H19N4O2/c1-22-16-7-6-11(10-17-16)8-15(21)18-14-9-13(19-20-14)12-4-2-3-5-12/h2,6-7,9-10,12H,3-5,8H2,1H3,(H2,18,19,20,21)/t12-/m0/s1. The van der Waals surface area contributed by atoms with Crippen LogP contribution in [0.2, 0.25) is 0 Å². The number of carbonyl (C=O) groups is 1. The van der Waals surface area contributed by atoms with Gasteiger partial charge >= 0.3 is 0 Å². The van der Waals surface area contributed by atoms with Gasteiger partial charge in [0.1, 0.15) is 0 Å². The van der Waals surface area contributed by atoms with Gasteiger partial charge in [-0.05, 0) is 31.2 Å². The van der Waals surface area contributed by atoms with Gasteiger partial charge in [-0.15, -0.1) is 0 Å². The maximum Gasteiger partial charge on any atom is 0.230 e. The van der Waals surface area contributed by atoms with Gasteiger partial charge in [-0.1, -0.05) is 6.07 Å². The third-order valence-electron chi connectivity index (χ3n) is 3.85. The van der Waals surface area contributed by atoms with Crippen LogP contribution >= 0.6 is 0 Å². The Hall–Kier alpha value is -2.37. The summed E-state index contributed by atoms with van der Waals surface area (Å²) in [5, 5.41) is 9.99. The summed E-state index contributed by atoms with van der Waals surface area (Å²) in [6, 6.07) is 5.50. The average molecular weight is 299 g/mol. The number of aromatic amines is 1. The summed E-state index contributed by atoms with van der Waals surface area (Å²) in [7, 11) is 1.56. The van der Waals surface area contributed by atoms with Crippen molar-refractivity contribution in [3.63, 3.8) is 0 Å². The molecule has 0 spiro atoms. The first-order valence-corrected chi connectivity index (χ1v) is 7.40. The van der Waals surface area contributed by atoms with E-state index in [1.807, 2.05) is 12.1 Å². The van der Waals surface area contributed by atoms with Crippen molar-refractivity contribution in [1.82, 2.24) is 15.2 Å². The highest BCUT2D eigenvalue weighted by Crippen LogP contribution is 2.32. The summed E-state index contributed by atoms with van der Waals surface area (Å²) >= 11 is 0. The smallest absolute Gasteiger partial charge is 0.230 e. The second kappa shape index (κ2) is 6.60. The van der Waals surface area contributed by atoms with E-state index in [4.69, 9.17) is 4.74 Å². The van der Waals surface area contributed by atoms with Crippen molar-refractivity contribution in [2.24, 2.45) is 0 Å². The number of H-pyrrole nitrogens is 1. The molecule has 1 aliphatic carbocycles. The number of anilines is 1. The maximum absolute atomic E-state index is 12.0. The Morgan fingerprint density at radius 2 is 2.41 bits per heavy atom. The summed E-state index contributed by atoms with van der Waals surface area (Å²) in [5.74, 6) is 1.51. The lowest BCUT2D eigenvalue weighted by Gasteiger charge is -2.04. The fourth-order valence-electron chi connectivity index (χ4n) is 2.66. The molecular weight excluding hydrogens is 280 g/mol. The number of hydrogen-bond donors (Lipinski definition) is 2. The molecule has 0 aromatic carbocycles. The van der Waals surface area contributed by atoms with E-state index >= 15 is 0 Å². The monoisotopic (exact) mass is 299 g/mol. The molecule has 2 aromatic heterocycles. The molecule has 0 bridgehead atoms. The zero-order chi connectivity index (χ0) is 15.4. The minimum atomic E-state index is -0.108. The van der Waals surface area contributed by atoms with Crippen LogP contribution in [0.3, 0.4) is 0 Å². The van der Waals surface area contributed by atoms with Gasteiger partial charge in [-0.25, -0.2) is 4.98 Å². The average Bonchev–Trinajstić information content (AvgIpc) is 3.19. The Morgan fingerprint density at radius 3 is 3.09 bits per heavy atom. The SMILES string of the molecule is COc1ccc(CC(=O)Nc2cc([C@H]3C[CH]CC3)[nH]n2)cn1. The second-order valence-corrected chi connectivity index (χ2v) is 5.44. The number of methoxy groups -OCH3 is 1. The van der Waals surface area contributed by atoms with Gasteiger partial charge < -0.3 is 10.1 Å².